The molecule has 28 heavy (non-hydrogen) atoms. The van der Waals surface area contributed by atoms with E-state index in [1.165, 1.54) is 0 Å². The Morgan fingerprint density at radius 1 is 0.929 bits per heavy atom. The van der Waals surface area contributed by atoms with Crippen molar-refractivity contribution in [1.82, 2.24) is 4.90 Å². The van der Waals surface area contributed by atoms with Gasteiger partial charge in [-0.15, -0.1) is 0 Å². The van der Waals surface area contributed by atoms with Crippen LogP contribution in [0.4, 0.5) is 0 Å². The minimum Gasteiger partial charge on any atom is -0.502 e. The number of methoxy groups -OCH3 is 1. The highest BCUT2D eigenvalue weighted by atomic mass is 16.5. The Balaban J connectivity index is 1.70. The minimum atomic E-state index is -0.667. The number of carbonyl (C=O) groups is 2. The zero-order valence-corrected chi connectivity index (χ0v) is 16.0. The summed E-state index contributed by atoms with van der Waals surface area (Å²) in [5.41, 5.74) is 1.49. The maximum atomic E-state index is 12.7. The fourth-order valence-corrected chi connectivity index (χ4v) is 3.00. The largest absolute Gasteiger partial charge is 0.502 e. The molecule has 6 nitrogen and oxygen atoms in total. The van der Waals surface area contributed by atoms with Crippen LogP contribution in [0.5, 0.6) is 11.5 Å². The van der Waals surface area contributed by atoms with Gasteiger partial charge in [0, 0.05) is 6.54 Å². The molecule has 2 aromatic carbocycles. The van der Waals surface area contributed by atoms with E-state index in [1.807, 2.05) is 31.2 Å². The van der Waals surface area contributed by atoms with Crippen molar-refractivity contribution in [1.29, 1.82) is 0 Å². The molecule has 0 spiro atoms. The fourth-order valence-electron chi connectivity index (χ4n) is 3.00. The zero-order chi connectivity index (χ0) is 20.1. The Morgan fingerprint density at radius 2 is 1.57 bits per heavy atom. The highest BCUT2D eigenvalue weighted by molar-refractivity contribution is 6.34. The van der Waals surface area contributed by atoms with Crippen LogP contribution in [-0.4, -0.2) is 42.1 Å². The molecule has 1 aliphatic heterocycles. The lowest BCUT2D eigenvalue weighted by molar-refractivity contribution is -0.138. The van der Waals surface area contributed by atoms with Crippen LogP contribution in [0.25, 0.3) is 5.57 Å². The highest BCUT2D eigenvalue weighted by Gasteiger charge is 2.38. The van der Waals surface area contributed by atoms with Crippen molar-refractivity contribution in [2.45, 2.75) is 19.8 Å². The molecule has 0 aliphatic carbocycles. The third kappa shape index (κ3) is 4.01. The van der Waals surface area contributed by atoms with Crippen molar-refractivity contribution >= 4 is 17.4 Å². The molecule has 0 atom stereocenters. The van der Waals surface area contributed by atoms with Gasteiger partial charge in [0.05, 0.1) is 19.3 Å². The summed E-state index contributed by atoms with van der Waals surface area (Å²) >= 11 is 0. The van der Waals surface area contributed by atoms with E-state index in [0.29, 0.717) is 24.3 Å². The van der Waals surface area contributed by atoms with Gasteiger partial charge >= 0.3 is 0 Å². The van der Waals surface area contributed by atoms with E-state index in [1.54, 1.807) is 31.4 Å². The molecule has 6 heteroatoms. The number of carbonyl (C=O) groups excluding carboxylic acids is 2. The predicted octanol–water partition coefficient (Wildman–Crippen LogP) is 3.36. The number of hydrogen-bond donors (Lipinski definition) is 1. The lowest BCUT2D eigenvalue weighted by atomic mass is 10.1. The lowest BCUT2D eigenvalue weighted by Crippen LogP contribution is -2.33. The van der Waals surface area contributed by atoms with Crippen LogP contribution < -0.4 is 9.47 Å². The van der Waals surface area contributed by atoms with Gasteiger partial charge in [0.15, 0.2) is 5.76 Å². The van der Waals surface area contributed by atoms with Crippen LogP contribution >= 0.6 is 0 Å². The van der Waals surface area contributed by atoms with Crippen LogP contribution in [0.3, 0.4) is 0 Å². The SMILES string of the molecule is CCCOc1ccc(C2=C(O)C(=O)N(CCc3ccc(OC)cc3)C2=O)cc1. The average molecular weight is 381 g/mol. The zero-order valence-electron chi connectivity index (χ0n) is 16.0. The maximum absolute atomic E-state index is 12.7. The minimum absolute atomic E-state index is 0.0294. The number of ether oxygens (including phenoxy) is 2. The molecule has 1 N–H and O–H groups in total. The van der Waals surface area contributed by atoms with E-state index in [4.69, 9.17) is 9.47 Å². The van der Waals surface area contributed by atoms with Gasteiger partial charge in [-0.05, 0) is 48.2 Å². The summed E-state index contributed by atoms with van der Waals surface area (Å²) in [7, 11) is 1.59. The van der Waals surface area contributed by atoms with Crippen LogP contribution in [-0.2, 0) is 16.0 Å². The average Bonchev–Trinajstić information content (AvgIpc) is 2.94. The summed E-state index contributed by atoms with van der Waals surface area (Å²) in [6, 6.07) is 14.2. The smallest absolute Gasteiger partial charge is 0.296 e. The number of aliphatic hydroxyl groups is 1. The van der Waals surface area contributed by atoms with E-state index in [-0.39, 0.29) is 12.1 Å². The summed E-state index contributed by atoms with van der Waals surface area (Å²) < 4.78 is 10.6. The second-order valence-corrected chi connectivity index (χ2v) is 6.46. The van der Waals surface area contributed by atoms with Crippen LogP contribution in [0, 0.1) is 0 Å². The third-order valence-electron chi connectivity index (χ3n) is 4.54. The molecule has 0 bridgehead atoms. The normalized spacial score (nSPS) is 14.0. The van der Waals surface area contributed by atoms with Crippen LogP contribution in [0.1, 0.15) is 24.5 Å². The molecule has 0 radical (unpaired) electrons. The summed E-state index contributed by atoms with van der Waals surface area (Å²) in [5, 5.41) is 10.2. The topological polar surface area (TPSA) is 76.1 Å². The Hall–Kier alpha value is -3.28. The van der Waals surface area contributed by atoms with Gasteiger partial charge in [0.1, 0.15) is 11.5 Å². The Kier molecular flexibility index (Phi) is 5.99. The van der Waals surface area contributed by atoms with E-state index < -0.39 is 17.6 Å². The predicted molar refractivity (Wildman–Crippen MR) is 105 cm³/mol. The summed E-state index contributed by atoms with van der Waals surface area (Å²) in [6.07, 6.45) is 1.38. The summed E-state index contributed by atoms with van der Waals surface area (Å²) in [6.45, 7) is 2.81. The molecule has 146 valence electrons. The molecule has 0 saturated carbocycles. The number of amides is 2. The number of rotatable bonds is 8. The second kappa shape index (κ2) is 8.61. The molecule has 0 aromatic heterocycles. The van der Waals surface area contributed by atoms with Gasteiger partial charge in [-0.2, -0.15) is 0 Å². The standard InChI is InChI=1S/C22H23NO5/c1-3-14-28-18-10-6-16(7-11-18)19-20(24)22(26)23(21(19)25)13-12-15-4-8-17(27-2)9-5-15/h4-11,24H,3,12-14H2,1-2H3. The van der Waals surface area contributed by atoms with Crippen LogP contribution in [0.2, 0.25) is 0 Å². The first-order chi connectivity index (χ1) is 13.5. The van der Waals surface area contributed by atoms with Crippen molar-refractivity contribution in [2.24, 2.45) is 0 Å². The van der Waals surface area contributed by atoms with Crippen molar-refractivity contribution in [3.63, 3.8) is 0 Å². The molecule has 0 fully saturated rings. The number of imide groups is 1. The third-order valence-corrected chi connectivity index (χ3v) is 4.54. The van der Waals surface area contributed by atoms with E-state index in [2.05, 4.69) is 0 Å². The lowest BCUT2D eigenvalue weighted by Gasteiger charge is -2.14. The molecule has 0 saturated heterocycles. The molecule has 0 unspecified atom stereocenters. The van der Waals surface area contributed by atoms with Crippen LogP contribution in [0.15, 0.2) is 54.3 Å². The number of benzene rings is 2. The Bertz CT molecular complexity index is 884. The maximum Gasteiger partial charge on any atom is 0.296 e. The van der Waals surface area contributed by atoms with Crippen molar-refractivity contribution in [2.75, 3.05) is 20.3 Å². The quantitative estimate of drug-likeness (QED) is 0.710. The first kappa shape index (κ1) is 19.5. The second-order valence-electron chi connectivity index (χ2n) is 6.46. The summed E-state index contributed by atoms with van der Waals surface area (Å²) in [4.78, 5) is 26.2. The number of nitrogens with zero attached hydrogens (tertiary/aromatic N) is 1. The van der Waals surface area contributed by atoms with Crippen molar-refractivity contribution < 1.29 is 24.2 Å². The Labute approximate surface area is 164 Å². The molecule has 1 heterocycles. The van der Waals surface area contributed by atoms with Crippen molar-refractivity contribution in [3.8, 4) is 11.5 Å². The van der Waals surface area contributed by atoms with E-state index in [9.17, 15) is 14.7 Å². The highest BCUT2D eigenvalue weighted by Crippen LogP contribution is 2.29. The molecular formula is C22H23NO5. The van der Waals surface area contributed by atoms with Gasteiger partial charge in [-0.25, -0.2) is 0 Å². The van der Waals surface area contributed by atoms with Gasteiger partial charge in [-0.3, -0.25) is 14.5 Å². The Morgan fingerprint density at radius 3 is 2.18 bits per heavy atom. The number of aliphatic hydroxyl groups excluding tert-OH is 1. The fraction of sp³-hybridized carbons (Fsp3) is 0.273. The van der Waals surface area contributed by atoms with E-state index >= 15 is 0 Å². The van der Waals surface area contributed by atoms with Gasteiger partial charge in [-0.1, -0.05) is 31.2 Å². The molecule has 1 aliphatic rings. The monoisotopic (exact) mass is 381 g/mol. The molecule has 2 aromatic rings. The summed E-state index contributed by atoms with van der Waals surface area (Å²) in [5.74, 6) is -0.246. The molecule has 3 rings (SSSR count). The number of hydrogen-bond acceptors (Lipinski definition) is 5. The molecular weight excluding hydrogens is 358 g/mol. The van der Waals surface area contributed by atoms with E-state index in [0.717, 1.165) is 22.6 Å². The van der Waals surface area contributed by atoms with Gasteiger partial charge in [0.2, 0.25) is 0 Å². The molecule has 2 amide bonds. The first-order valence-corrected chi connectivity index (χ1v) is 9.20. The van der Waals surface area contributed by atoms with Gasteiger partial charge < -0.3 is 14.6 Å². The van der Waals surface area contributed by atoms with Crippen molar-refractivity contribution in [3.05, 3.63) is 65.4 Å². The first-order valence-electron chi connectivity index (χ1n) is 9.20. The van der Waals surface area contributed by atoms with Gasteiger partial charge in [0.25, 0.3) is 11.8 Å².